The van der Waals surface area contributed by atoms with Crippen molar-refractivity contribution in [2.75, 3.05) is 19.8 Å². The highest BCUT2D eigenvalue weighted by atomic mass is 32.2. The lowest BCUT2D eigenvalue weighted by Crippen LogP contribution is -2.49. The number of sulfonamides is 1. The molecule has 1 N–H and O–H groups in total. The van der Waals surface area contributed by atoms with E-state index in [0.717, 1.165) is 12.8 Å². The van der Waals surface area contributed by atoms with E-state index in [9.17, 15) is 8.42 Å². The minimum atomic E-state index is -3.62. The van der Waals surface area contributed by atoms with Gasteiger partial charge in [0.1, 0.15) is 10.6 Å². The molecular formula is C16H23NO5S. The van der Waals surface area contributed by atoms with Gasteiger partial charge in [0.2, 0.25) is 10.0 Å². The number of rotatable bonds is 5. The van der Waals surface area contributed by atoms with Crippen LogP contribution in [0.5, 0.6) is 5.75 Å². The number of ether oxygens (including phenoxy) is 3. The van der Waals surface area contributed by atoms with Crippen molar-refractivity contribution in [1.29, 1.82) is 0 Å². The molecular weight excluding hydrogens is 318 g/mol. The SMILES string of the molecule is CCOc1ccccc1S(=O)(=O)NC1CCC2OCCOC2C1. The highest BCUT2D eigenvalue weighted by molar-refractivity contribution is 7.89. The van der Waals surface area contributed by atoms with Gasteiger partial charge in [0.05, 0.1) is 32.0 Å². The standard InChI is InChI=1S/C16H23NO5S/c1-2-20-14-5-3-4-6-16(14)23(18,19)17-12-7-8-13-15(11-12)22-10-9-21-13/h3-6,12-13,15,17H,2,7-11H2,1H3. The van der Waals surface area contributed by atoms with Crippen LogP contribution in [0, 0.1) is 0 Å². The molecule has 3 unspecified atom stereocenters. The first kappa shape index (κ1) is 16.7. The molecule has 7 heteroatoms. The second-order valence-electron chi connectivity index (χ2n) is 5.83. The third kappa shape index (κ3) is 3.85. The van der Waals surface area contributed by atoms with E-state index in [4.69, 9.17) is 14.2 Å². The predicted octanol–water partition coefficient (Wildman–Crippen LogP) is 1.70. The molecule has 1 saturated carbocycles. The molecule has 1 aromatic carbocycles. The summed E-state index contributed by atoms with van der Waals surface area (Å²) in [5.41, 5.74) is 0. The molecule has 0 aromatic heterocycles. The zero-order chi connectivity index (χ0) is 16.3. The Labute approximate surface area is 137 Å². The summed E-state index contributed by atoms with van der Waals surface area (Å²) in [6.45, 7) is 3.45. The van der Waals surface area contributed by atoms with Crippen molar-refractivity contribution in [3.63, 3.8) is 0 Å². The Morgan fingerprint density at radius 3 is 2.70 bits per heavy atom. The Balaban J connectivity index is 1.71. The molecule has 0 bridgehead atoms. The van der Waals surface area contributed by atoms with Crippen LogP contribution in [-0.4, -0.2) is 46.5 Å². The number of nitrogens with one attached hydrogen (secondary N) is 1. The Bertz CT molecular complexity index is 633. The summed E-state index contributed by atoms with van der Waals surface area (Å²) < 4.78 is 45.0. The van der Waals surface area contributed by atoms with Crippen molar-refractivity contribution in [3.05, 3.63) is 24.3 Å². The highest BCUT2D eigenvalue weighted by Gasteiger charge is 2.36. The zero-order valence-corrected chi connectivity index (χ0v) is 14.1. The third-order valence-electron chi connectivity index (χ3n) is 4.24. The lowest BCUT2D eigenvalue weighted by Gasteiger charge is -2.38. The number of para-hydroxylation sites is 1. The van der Waals surface area contributed by atoms with Crippen LogP contribution < -0.4 is 9.46 Å². The molecule has 1 aliphatic carbocycles. The molecule has 1 saturated heterocycles. The van der Waals surface area contributed by atoms with Crippen LogP contribution in [0.2, 0.25) is 0 Å². The second kappa shape index (κ2) is 7.17. The molecule has 0 spiro atoms. The Morgan fingerprint density at radius 1 is 1.17 bits per heavy atom. The average Bonchev–Trinajstić information content (AvgIpc) is 2.55. The predicted molar refractivity (Wildman–Crippen MR) is 85.1 cm³/mol. The number of fused-ring (bicyclic) bond motifs is 1. The minimum absolute atomic E-state index is 0.0210. The number of benzene rings is 1. The lowest BCUT2D eigenvalue weighted by atomic mass is 9.90. The Hall–Kier alpha value is -1.15. The smallest absolute Gasteiger partial charge is 0.244 e. The maximum absolute atomic E-state index is 12.7. The molecule has 6 nitrogen and oxygen atoms in total. The topological polar surface area (TPSA) is 73.9 Å². The highest BCUT2D eigenvalue weighted by Crippen LogP contribution is 2.29. The summed E-state index contributed by atoms with van der Waals surface area (Å²) in [4.78, 5) is 0.185. The van der Waals surface area contributed by atoms with Crippen molar-refractivity contribution >= 4 is 10.0 Å². The molecule has 0 radical (unpaired) electrons. The van der Waals surface area contributed by atoms with Crippen LogP contribution >= 0.6 is 0 Å². The van der Waals surface area contributed by atoms with Gasteiger partial charge in [0, 0.05) is 6.04 Å². The van der Waals surface area contributed by atoms with Gasteiger partial charge in [-0.2, -0.15) is 0 Å². The molecule has 2 aliphatic rings. The summed E-state index contributed by atoms with van der Waals surface area (Å²) in [5, 5.41) is 0. The van der Waals surface area contributed by atoms with E-state index < -0.39 is 10.0 Å². The largest absolute Gasteiger partial charge is 0.492 e. The van der Waals surface area contributed by atoms with Gasteiger partial charge in [0.25, 0.3) is 0 Å². The van der Waals surface area contributed by atoms with Gasteiger partial charge in [-0.05, 0) is 38.3 Å². The Morgan fingerprint density at radius 2 is 1.91 bits per heavy atom. The molecule has 0 amide bonds. The molecule has 23 heavy (non-hydrogen) atoms. The van der Waals surface area contributed by atoms with Crippen LogP contribution in [0.4, 0.5) is 0 Å². The van der Waals surface area contributed by atoms with E-state index in [1.165, 1.54) is 0 Å². The molecule has 3 rings (SSSR count). The van der Waals surface area contributed by atoms with Gasteiger partial charge in [-0.3, -0.25) is 0 Å². The quantitative estimate of drug-likeness (QED) is 0.882. The van der Waals surface area contributed by atoms with E-state index in [-0.39, 0.29) is 23.1 Å². The first-order chi connectivity index (χ1) is 11.1. The van der Waals surface area contributed by atoms with Gasteiger partial charge in [-0.25, -0.2) is 13.1 Å². The van der Waals surface area contributed by atoms with Crippen molar-refractivity contribution in [2.24, 2.45) is 0 Å². The normalized spacial score (nSPS) is 28.1. The maximum atomic E-state index is 12.7. The van der Waals surface area contributed by atoms with E-state index in [2.05, 4.69) is 4.72 Å². The van der Waals surface area contributed by atoms with Crippen molar-refractivity contribution in [3.8, 4) is 5.75 Å². The molecule has 2 fully saturated rings. The first-order valence-electron chi connectivity index (χ1n) is 8.07. The van der Waals surface area contributed by atoms with Gasteiger partial charge >= 0.3 is 0 Å². The minimum Gasteiger partial charge on any atom is -0.492 e. The maximum Gasteiger partial charge on any atom is 0.244 e. The van der Waals surface area contributed by atoms with E-state index in [1.807, 2.05) is 6.92 Å². The Kier molecular flexibility index (Phi) is 5.21. The third-order valence-corrected chi connectivity index (χ3v) is 5.80. The number of hydrogen-bond acceptors (Lipinski definition) is 5. The van der Waals surface area contributed by atoms with Crippen molar-refractivity contribution < 1.29 is 22.6 Å². The number of hydrogen-bond donors (Lipinski definition) is 1. The van der Waals surface area contributed by atoms with Crippen LogP contribution in [-0.2, 0) is 19.5 Å². The zero-order valence-electron chi connectivity index (χ0n) is 13.2. The molecule has 3 atom stereocenters. The van der Waals surface area contributed by atoms with E-state index in [0.29, 0.717) is 32.0 Å². The molecule has 1 heterocycles. The summed E-state index contributed by atoms with van der Waals surface area (Å²) in [6, 6.07) is 6.57. The monoisotopic (exact) mass is 341 g/mol. The van der Waals surface area contributed by atoms with Crippen LogP contribution in [0.15, 0.2) is 29.2 Å². The second-order valence-corrected chi connectivity index (χ2v) is 7.51. The fourth-order valence-corrected chi connectivity index (χ4v) is 4.63. The van der Waals surface area contributed by atoms with Crippen LogP contribution in [0.3, 0.4) is 0 Å². The van der Waals surface area contributed by atoms with Gasteiger partial charge in [0.15, 0.2) is 0 Å². The van der Waals surface area contributed by atoms with Crippen LogP contribution in [0.25, 0.3) is 0 Å². The van der Waals surface area contributed by atoms with E-state index in [1.54, 1.807) is 24.3 Å². The fraction of sp³-hybridized carbons (Fsp3) is 0.625. The average molecular weight is 341 g/mol. The lowest BCUT2D eigenvalue weighted by molar-refractivity contribution is -0.156. The van der Waals surface area contributed by atoms with Gasteiger partial charge in [-0.1, -0.05) is 12.1 Å². The molecule has 1 aromatic rings. The summed E-state index contributed by atoms with van der Waals surface area (Å²) in [7, 11) is -3.62. The molecule has 128 valence electrons. The molecule has 1 aliphatic heterocycles. The van der Waals surface area contributed by atoms with Crippen molar-refractivity contribution in [2.45, 2.75) is 49.3 Å². The summed E-state index contributed by atoms with van der Waals surface area (Å²) in [6.07, 6.45) is 2.28. The van der Waals surface area contributed by atoms with E-state index >= 15 is 0 Å². The van der Waals surface area contributed by atoms with Gasteiger partial charge < -0.3 is 14.2 Å². The van der Waals surface area contributed by atoms with Crippen LogP contribution in [0.1, 0.15) is 26.2 Å². The van der Waals surface area contributed by atoms with Gasteiger partial charge in [-0.15, -0.1) is 0 Å². The first-order valence-corrected chi connectivity index (χ1v) is 9.56. The van der Waals surface area contributed by atoms with Crippen molar-refractivity contribution in [1.82, 2.24) is 4.72 Å². The summed E-state index contributed by atoms with van der Waals surface area (Å²) >= 11 is 0. The summed E-state index contributed by atoms with van der Waals surface area (Å²) in [5.74, 6) is 0.383. The fourth-order valence-electron chi connectivity index (χ4n) is 3.20.